The molecule has 0 fully saturated rings. The molecule has 0 saturated carbocycles. The molecule has 0 saturated heterocycles. The van der Waals surface area contributed by atoms with Crippen LogP contribution in [0.1, 0.15) is 18.5 Å². The average molecular weight is 153 g/mol. The largest absolute Gasteiger partial charge is 0.508 e. The number of hydrogen-bond acceptors (Lipinski definition) is 3. The van der Waals surface area contributed by atoms with Crippen LogP contribution in [0.5, 0.6) is 11.5 Å². The van der Waals surface area contributed by atoms with Gasteiger partial charge in [-0.25, -0.2) is 0 Å². The van der Waals surface area contributed by atoms with Crippen molar-refractivity contribution in [3.8, 4) is 11.5 Å². The third-order valence-corrected chi connectivity index (χ3v) is 1.50. The maximum atomic E-state index is 9.22. The monoisotopic (exact) mass is 153 g/mol. The summed E-state index contributed by atoms with van der Waals surface area (Å²) in [6.07, 6.45) is 0. The van der Waals surface area contributed by atoms with Gasteiger partial charge in [-0.3, -0.25) is 0 Å². The Hall–Kier alpha value is -1.22. The molecule has 0 radical (unpaired) electrons. The fraction of sp³-hybridized carbons (Fsp3) is 0.250. The molecule has 0 unspecified atom stereocenters. The van der Waals surface area contributed by atoms with Crippen LogP contribution in [0, 0.1) is 0 Å². The maximum Gasteiger partial charge on any atom is 0.124 e. The Morgan fingerprint density at radius 2 is 2.00 bits per heavy atom. The van der Waals surface area contributed by atoms with Crippen molar-refractivity contribution < 1.29 is 10.2 Å². The minimum absolute atomic E-state index is 0.0417. The zero-order chi connectivity index (χ0) is 8.43. The summed E-state index contributed by atoms with van der Waals surface area (Å²) in [7, 11) is 0. The summed E-state index contributed by atoms with van der Waals surface area (Å²) in [6, 6.07) is 4.17. The van der Waals surface area contributed by atoms with Crippen LogP contribution in [0.3, 0.4) is 0 Å². The molecule has 1 aromatic rings. The van der Waals surface area contributed by atoms with E-state index in [1.165, 1.54) is 12.1 Å². The second-order valence-corrected chi connectivity index (χ2v) is 2.53. The zero-order valence-electron chi connectivity index (χ0n) is 6.28. The van der Waals surface area contributed by atoms with Gasteiger partial charge in [0, 0.05) is 17.7 Å². The molecule has 1 rings (SSSR count). The van der Waals surface area contributed by atoms with Crippen LogP contribution in [0.4, 0.5) is 0 Å². The fourth-order valence-electron chi connectivity index (χ4n) is 0.917. The minimum Gasteiger partial charge on any atom is -0.508 e. The van der Waals surface area contributed by atoms with E-state index in [-0.39, 0.29) is 17.5 Å². The first kappa shape index (κ1) is 7.88. The lowest BCUT2D eigenvalue weighted by Crippen LogP contribution is -2.04. The molecule has 3 heteroatoms. The number of aromatic hydroxyl groups is 2. The number of rotatable bonds is 1. The van der Waals surface area contributed by atoms with Crippen LogP contribution in [0.15, 0.2) is 18.2 Å². The van der Waals surface area contributed by atoms with Gasteiger partial charge in [0.2, 0.25) is 0 Å². The van der Waals surface area contributed by atoms with Gasteiger partial charge in [0.15, 0.2) is 0 Å². The molecule has 11 heavy (non-hydrogen) atoms. The molecule has 0 bridgehead atoms. The average Bonchev–Trinajstić information content (AvgIpc) is 1.85. The molecular formula is C8H11NO2. The lowest BCUT2D eigenvalue weighted by molar-refractivity contribution is 0.443. The van der Waals surface area contributed by atoms with Crippen molar-refractivity contribution in [2.24, 2.45) is 5.73 Å². The molecular weight excluding hydrogens is 142 g/mol. The Morgan fingerprint density at radius 3 is 2.45 bits per heavy atom. The molecule has 0 aromatic heterocycles. The predicted molar refractivity (Wildman–Crippen MR) is 42.4 cm³/mol. The summed E-state index contributed by atoms with van der Waals surface area (Å²) in [5, 5.41) is 18.1. The molecule has 0 aliphatic carbocycles. The molecule has 0 heterocycles. The van der Waals surface area contributed by atoms with Crippen LogP contribution in [-0.4, -0.2) is 10.2 Å². The third kappa shape index (κ3) is 1.62. The highest BCUT2D eigenvalue weighted by molar-refractivity contribution is 5.40. The Balaban J connectivity index is 3.09. The van der Waals surface area contributed by atoms with E-state index in [0.717, 1.165) is 0 Å². The second-order valence-electron chi connectivity index (χ2n) is 2.53. The molecule has 4 N–H and O–H groups in total. The van der Waals surface area contributed by atoms with Crippen molar-refractivity contribution in [2.45, 2.75) is 13.0 Å². The van der Waals surface area contributed by atoms with Crippen LogP contribution < -0.4 is 5.73 Å². The van der Waals surface area contributed by atoms with Gasteiger partial charge in [-0.1, -0.05) is 6.07 Å². The molecule has 1 atom stereocenters. The van der Waals surface area contributed by atoms with Crippen molar-refractivity contribution >= 4 is 0 Å². The first-order chi connectivity index (χ1) is 5.11. The van der Waals surface area contributed by atoms with Gasteiger partial charge in [0.25, 0.3) is 0 Å². The fourth-order valence-corrected chi connectivity index (χ4v) is 0.917. The number of nitrogens with two attached hydrogens (primary N) is 1. The van der Waals surface area contributed by atoms with Crippen LogP contribution in [0.25, 0.3) is 0 Å². The summed E-state index contributed by atoms with van der Waals surface area (Å²) < 4.78 is 0. The summed E-state index contributed by atoms with van der Waals surface area (Å²) >= 11 is 0. The van der Waals surface area contributed by atoms with E-state index in [9.17, 15) is 5.11 Å². The Bertz CT molecular complexity index is 258. The van der Waals surface area contributed by atoms with Gasteiger partial charge in [0.05, 0.1) is 0 Å². The van der Waals surface area contributed by atoms with E-state index in [1.54, 1.807) is 13.0 Å². The zero-order valence-corrected chi connectivity index (χ0v) is 6.28. The van der Waals surface area contributed by atoms with Crippen LogP contribution in [-0.2, 0) is 0 Å². The summed E-state index contributed by atoms with van der Waals surface area (Å²) in [6.45, 7) is 1.77. The Morgan fingerprint density at radius 1 is 1.36 bits per heavy atom. The molecule has 0 aliphatic heterocycles. The Kier molecular flexibility index (Phi) is 2.01. The number of phenols is 2. The quantitative estimate of drug-likeness (QED) is 0.566. The Labute approximate surface area is 65.1 Å². The van der Waals surface area contributed by atoms with E-state index in [0.29, 0.717) is 5.56 Å². The van der Waals surface area contributed by atoms with Crippen molar-refractivity contribution in [3.05, 3.63) is 23.8 Å². The van der Waals surface area contributed by atoms with E-state index in [4.69, 9.17) is 10.8 Å². The van der Waals surface area contributed by atoms with Gasteiger partial charge in [-0.15, -0.1) is 0 Å². The topological polar surface area (TPSA) is 66.5 Å². The summed E-state index contributed by atoms with van der Waals surface area (Å²) in [5.41, 5.74) is 6.16. The highest BCUT2D eigenvalue weighted by atomic mass is 16.3. The first-order valence-corrected chi connectivity index (χ1v) is 3.38. The van der Waals surface area contributed by atoms with Crippen molar-refractivity contribution in [3.63, 3.8) is 0 Å². The maximum absolute atomic E-state index is 9.22. The van der Waals surface area contributed by atoms with Gasteiger partial charge < -0.3 is 15.9 Å². The number of hydrogen-bond donors (Lipinski definition) is 3. The molecule has 0 spiro atoms. The summed E-state index contributed by atoms with van der Waals surface area (Å²) in [4.78, 5) is 0. The van der Waals surface area contributed by atoms with E-state index >= 15 is 0 Å². The third-order valence-electron chi connectivity index (χ3n) is 1.50. The van der Waals surface area contributed by atoms with Crippen molar-refractivity contribution in [2.75, 3.05) is 0 Å². The lowest BCUT2D eigenvalue weighted by Gasteiger charge is -2.07. The predicted octanol–water partition coefficient (Wildman–Crippen LogP) is 1.12. The van der Waals surface area contributed by atoms with Gasteiger partial charge >= 0.3 is 0 Å². The molecule has 1 aromatic carbocycles. The molecule has 0 aliphatic rings. The van der Waals surface area contributed by atoms with E-state index in [2.05, 4.69) is 0 Å². The minimum atomic E-state index is -0.212. The van der Waals surface area contributed by atoms with Gasteiger partial charge in [0.1, 0.15) is 11.5 Å². The smallest absolute Gasteiger partial charge is 0.124 e. The molecule has 3 nitrogen and oxygen atoms in total. The molecule has 0 amide bonds. The van der Waals surface area contributed by atoms with Crippen molar-refractivity contribution in [1.29, 1.82) is 0 Å². The van der Waals surface area contributed by atoms with E-state index < -0.39 is 0 Å². The number of phenolic OH excluding ortho intramolecular Hbond substituents is 2. The van der Waals surface area contributed by atoms with Gasteiger partial charge in [-0.05, 0) is 13.0 Å². The highest BCUT2D eigenvalue weighted by Crippen LogP contribution is 2.26. The highest BCUT2D eigenvalue weighted by Gasteiger charge is 2.05. The van der Waals surface area contributed by atoms with Gasteiger partial charge in [-0.2, -0.15) is 0 Å². The van der Waals surface area contributed by atoms with Crippen LogP contribution in [0.2, 0.25) is 0 Å². The standard InChI is InChI=1S/C8H11NO2/c1-5(9)7-3-2-6(10)4-8(7)11/h2-5,10-11H,9H2,1H3/t5-/m0/s1. The lowest BCUT2D eigenvalue weighted by atomic mass is 10.1. The SMILES string of the molecule is C[C@H](N)c1ccc(O)cc1O. The molecule has 60 valence electrons. The summed E-state index contributed by atoms with van der Waals surface area (Å²) in [5.74, 6) is 0.0897. The number of benzene rings is 1. The van der Waals surface area contributed by atoms with E-state index in [1.807, 2.05) is 0 Å². The van der Waals surface area contributed by atoms with Crippen LogP contribution >= 0.6 is 0 Å². The second kappa shape index (κ2) is 2.80. The van der Waals surface area contributed by atoms with Crippen molar-refractivity contribution in [1.82, 2.24) is 0 Å². The normalized spacial score (nSPS) is 12.9. The first-order valence-electron chi connectivity index (χ1n) is 3.38.